The van der Waals surface area contributed by atoms with Gasteiger partial charge in [0.25, 0.3) is 0 Å². The molecule has 0 amide bonds. The molecule has 5 heteroatoms. The molecule has 0 saturated heterocycles. The van der Waals surface area contributed by atoms with Crippen molar-refractivity contribution in [3.8, 4) is 0 Å². The van der Waals surface area contributed by atoms with E-state index < -0.39 is 13.3 Å². The molecule has 94 valence electrons. The van der Waals surface area contributed by atoms with Crippen LogP contribution in [0, 0.1) is 0 Å². The number of carbonyl (C=O) groups is 1. The Bertz CT molecular complexity index is 267. The molecule has 0 bridgehead atoms. The summed E-state index contributed by atoms with van der Waals surface area (Å²) in [6.45, 7) is 4.18. The van der Waals surface area contributed by atoms with Crippen LogP contribution < -0.4 is 0 Å². The van der Waals surface area contributed by atoms with Gasteiger partial charge in [0.05, 0.1) is 13.2 Å². The first-order valence-electron chi connectivity index (χ1n) is 6.05. The summed E-state index contributed by atoms with van der Waals surface area (Å²) in [6.07, 6.45) is 4.00. The zero-order valence-electron chi connectivity index (χ0n) is 10.1. The highest BCUT2D eigenvalue weighted by Crippen LogP contribution is 2.55. The second-order valence-electron chi connectivity index (χ2n) is 3.96. The summed E-state index contributed by atoms with van der Waals surface area (Å²) in [5, 5.41) is 0. The van der Waals surface area contributed by atoms with E-state index in [1.165, 1.54) is 0 Å². The van der Waals surface area contributed by atoms with E-state index in [4.69, 9.17) is 9.05 Å². The lowest BCUT2D eigenvalue weighted by atomic mass is 10.2. The molecule has 1 rings (SSSR count). The predicted molar refractivity (Wildman–Crippen MR) is 62.7 cm³/mol. The monoisotopic (exact) mass is 248 g/mol. The van der Waals surface area contributed by atoms with Crippen LogP contribution in [0.2, 0.25) is 0 Å². The first-order chi connectivity index (χ1) is 7.64. The first kappa shape index (κ1) is 13.9. The van der Waals surface area contributed by atoms with Gasteiger partial charge >= 0.3 is 7.60 Å². The molecule has 0 aromatic rings. The summed E-state index contributed by atoms with van der Waals surface area (Å²) in [6, 6.07) is 0. The highest BCUT2D eigenvalue weighted by molar-refractivity contribution is 7.55. The molecule has 0 N–H and O–H groups in total. The Kier molecular flexibility index (Phi) is 5.67. The average Bonchev–Trinajstić information content (AvgIpc) is 2.44. The molecule has 1 fully saturated rings. The number of Topliss-reactive ketones (excluding diaryl/α,β-unsaturated/α-hetero) is 1. The molecule has 1 saturated carbocycles. The minimum Gasteiger partial charge on any atom is -0.308 e. The lowest BCUT2D eigenvalue weighted by Gasteiger charge is -2.24. The zero-order chi connectivity index (χ0) is 12.0. The fourth-order valence-corrected chi connectivity index (χ4v) is 4.19. The highest BCUT2D eigenvalue weighted by atomic mass is 31.2. The first-order valence-corrected chi connectivity index (χ1v) is 7.66. The largest absolute Gasteiger partial charge is 0.341 e. The Labute approximate surface area is 97.2 Å². The maximum Gasteiger partial charge on any atom is 0.341 e. The average molecular weight is 248 g/mol. The Hall–Kier alpha value is -0.180. The Morgan fingerprint density at radius 1 is 1.19 bits per heavy atom. The van der Waals surface area contributed by atoms with Gasteiger partial charge in [-0.3, -0.25) is 9.36 Å². The molecule has 1 aliphatic carbocycles. The van der Waals surface area contributed by atoms with Crippen LogP contribution >= 0.6 is 7.60 Å². The van der Waals surface area contributed by atoms with E-state index in [0.717, 1.165) is 19.3 Å². The second-order valence-corrected chi connectivity index (χ2v) is 6.18. The van der Waals surface area contributed by atoms with E-state index in [2.05, 4.69) is 0 Å². The van der Waals surface area contributed by atoms with Crippen LogP contribution in [0.3, 0.4) is 0 Å². The van der Waals surface area contributed by atoms with E-state index >= 15 is 0 Å². The molecule has 0 heterocycles. The van der Waals surface area contributed by atoms with Crippen molar-refractivity contribution in [3.63, 3.8) is 0 Å². The van der Waals surface area contributed by atoms with Gasteiger partial charge in [-0.1, -0.05) is 12.8 Å². The van der Waals surface area contributed by atoms with Gasteiger partial charge in [0, 0.05) is 6.42 Å². The number of hydrogen-bond donors (Lipinski definition) is 0. The predicted octanol–water partition coefficient (Wildman–Crippen LogP) is 3.15. The van der Waals surface area contributed by atoms with Gasteiger partial charge in [-0.2, -0.15) is 0 Å². The smallest absolute Gasteiger partial charge is 0.308 e. The number of rotatable bonds is 5. The maximum atomic E-state index is 12.5. The van der Waals surface area contributed by atoms with Crippen molar-refractivity contribution < 1.29 is 18.4 Å². The quantitative estimate of drug-likeness (QED) is 0.554. The summed E-state index contributed by atoms with van der Waals surface area (Å²) in [7, 11) is -3.23. The topological polar surface area (TPSA) is 52.6 Å². The molecule has 0 radical (unpaired) electrons. The summed E-state index contributed by atoms with van der Waals surface area (Å²) in [4.78, 5) is 11.9. The van der Waals surface area contributed by atoms with Crippen LogP contribution in [0.5, 0.6) is 0 Å². The van der Waals surface area contributed by atoms with Crippen molar-refractivity contribution >= 4 is 13.4 Å². The molecule has 0 spiro atoms. The molecular weight excluding hydrogens is 227 g/mol. The summed E-state index contributed by atoms with van der Waals surface area (Å²) < 4.78 is 23.0. The Morgan fingerprint density at radius 3 is 2.38 bits per heavy atom. The Balaban J connectivity index is 2.82. The zero-order valence-corrected chi connectivity index (χ0v) is 11.0. The third-order valence-electron chi connectivity index (χ3n) is 2.77. The van der Waals surface area contributed by atoms with Gasteiger partial charge in [-0.25, -0.2) is 0 Å². The number of hydrogen-bond acceptors (Lipinski definition) is 4. The molecule has 16 heavy (non-hydrogen) atoms. The summed E-state index contributed by atoms with van der Waals surface area (Å²) in [5.74, 6) is 0.0442. The third-order valence-corrected chi connectivity index (χ3v) is 5.32. The second kappa shape index (κ2) is 6.53. The molecule has 0 aliphatic heterocycles. The van der Waals surface area contributed by atoms with Crippen LogP contribution in [0.25, 0.3) is 0 Å². The fourth-order valence-electron chi connectivity index (χ4n) is 2.05. The molecule has 0 aromatic carbocycles. The van der Waals surface area contributed by atoms with Crippen molar-refractivity contribution in [1.82, 2.24) is 0 Å². The van der Waals surface area contributed by atoms with E-state index in [9.17, 15) is 9.36 Å². The van der Waals surface area contributed by atoms with E-state index in [-0.39, 0.29) is 5.78 Å². The molecule has 1 aliphatic rings. The molecule has 1 atom stereocenters. The fraction of sp³-hybridized carbons (Fsp3) is 0.909. The van der Waals surface area contributed by atoms with E-state index in [1.54, 1.807) is 13.8 Å². The Morgan fingerprint density at radius 2 is 1.81 bits per heavy atom. The lowest BCUT2D eigenvalue weighted by molar-refractivity contribution is -0.118. The normalized spacial score (nSPS) is 23.1. The van der Waals surface area contributed by atoms with E-state index in [0.29, 0.717) is 26.1 Å². The van der Waals surface area contributed by atoms with Gasteiger partial charge in [0.2, 0.25) is 0 Å². The van der Waals surface area contributed by atoms with Crippen LogP contribution in [0.4, 0.5) is 0 Å². The van der Waals surface area contributed by atoms with Gasteiger partial charge in [0.1, 0.15) is 11.4 Å². The third kappa shape index (κ3) is 3.41. The standard InChI is InChI=1S/C11H21O4P/c1-3-14-16(13,15-4-2)11-9-7-5-6-8-10(11)12/h11H,3-9H2,1-2H3. The van der Waals surface area contributed by atoms with Crippen LogP contribution in [0.15, 0.2) is 0 Å². The molecule has 4 nitrogen and oxygen atoms in total. The molecular formula is C11H21O4P. The lowest BCUT2D eigenvalue weighted by Crippen LogP contribution is -2.22. The maximum absolute atomic E-state index is 12.5. The van der Waals surface area contributed by atoms with Gasteiger partial charge in [-0.15, -0.1) is 0 Å². The van der Waals surface area contributed by atoms with Gasteiger partial charge < -0.3 is 9.05 Å². The highest BCUT2D eigenvalue weighted by Gasteiger charge is 2.40. The van der Waals surface area contributed by atoms with Crippen molar-refractivity contribution in [2.45, 2.75) is 51.6 Å². The number of carbonyl (C=O) groups excluding carboxylic acids is 1. The van der Waals surface area contributed by atoms with Crippen LogP contribution in [-0.2, 0) is 18.4 Å². The van der Waals surface area contributed by atoms with Crippen molar-refractivity contribution in [1.29, 1.82) is 0 Å². The minimum absolute atomic E-state index is 0.0442. The molecule has 0 aromatic heterocycles. The van der Waals surface area contributed by atoms with E-state index in [1.807, 2.05) is 0 Å². The van der Waals surface area contributed by atoms with Gasteiger partial charge in [-0.05, 0) is 26.7 Å². The van der Waals surface area contributed by atoms with Crippen LogP contribution in [-0.4, -0.2) is 24.7 Å². The van der Waals surface area contributed by atoms with Crippen molar-refractivity contribution in [2.24, 2.45) is 0 Å². The summed E-state index contributed by atoms with van der Waals surface area (Å²) in [5.41, 5.74) is -0.533. The van der Waals surface area contributed by atoms with Crippen molar-refractivity contribution in [2.75, 3.05) is 13.2 Å². The van der Waals surface area contributed by atoms with Crippen molar-refractivity contribution in [3.05, 3.63) is 0 Å². The van der Waals surface area contributed by atoms with Gasteiger partial charge in [0.15, 0.2) is 0 Å². The summed E-state index contributed by atoms with van der Waals surface area (Å²) >= 11 is 0. The van der Waals surface area contributed by atoms with Crippen LogP contribution in [0.1, 0.15) is 46.0 Å². The SMILES string of the molecule is CCOP(=O)(OCC)C1CCCCCC1=O. The minimum atomic E-state index is -3.23. The molecule has 1 unspecified atom stereocenters. The number of ketones is 1.